The Morgan fingerprint density at radius 1 is 1.05 bits per heavy atom. The van der Waals surface area contributed by atoms with Crippen molar-refractivity contribution >= 4 is 0 Å². The summed E-state index contributed by atoms with van der Waals surface area (Å²) in [5, 5.41) is 6.06. The van der Waals surface area contributed by atoms with Gasteiger partial charge in [-0.1, -0.05) is 42.5 Å². The number of aromatic nitrogens is 2. The molecule has 20 heavy (non-hydrogen) atoms. The molecule has 3 rings (SSSR count). The van der Waals surface area contributed by atoms with Gasteiger partial charge in [-0.3, -0.25) is 0 Å². The van der Waals surface area contributed by atoms with Crippen molar-refractivity contribution in [3.63, 3.8) is 0 Å². The second-order valence-electron chi connectivity index (χ2n) is 4.19. The third-order valence-corrected chi connectivity index (χ3v) is 2.79. The predicted octanol–water partition coefficient (Wildman–Crippen LogP) is 2.61. The van der Waals surface area contributed by atoms with Crippen LogP contribution in [0.2, 0.25) is 0 Å². The summed E-state index contributed by atoms with van der Waals surface area (Å²) in [5.41, 5.74) is 1.70. The molecule has 100 valence electrons. The first-order valence-electron chi connectivity index (χ1n) is 6.14. The van der Waals surface area contributed by atoms with Crippen LogP contribution in [0.4, 0.5) is 0 Å². The molecule has 1 N–H and O–H groups in total. The minimum atomic E-state index is -0.585. The molecule has 2 aromatic carbocycles. The third kappa shape index (κ3) is 2.61. The molecule has 1 aromatic heterocycles. The van der Waals surface area contributed by atoms with Crippen molar-refractivity contribution in [1.82, 2.24) is 10.2 Å². The van der Waals surface area contributed by atoms with Crippen LogP contribution < -0.4 is 10.5 Å². The highest BCUT2D eigenvalue weighted by atomic mass is 16.5. The average molecular weight is 268 g/mol. The van der Waals surface area contributed by atoms with Gasteiger partial charge < -0.3 is 9.15 Å². The molecule has 0 spiro atoms. The number of ether oxygens (including phenoxy) is 1. The normalized spacial score (nSPS) is 10.4. The van der Waals surface area contributed by atoms with Gasteiger partial charge in [0.2, 0.25) is 0 Å². The van der Waals surface area contributed by atoms with Crippen LogP contribution in [0.1, 0.15) is 5.56 Å². The highest BCUT2D eigenvalue weighted by Crippen LogP contribution is 2.27. The summed E-state index contributed by atoms with van der Waals surface area (Å²) in [6.45, 7) is 0.437. The highest BCUT2D eigenvalue weighted by Gasteiger charge is 2.11. The van der Waals surface area contributed by atoms with Crippen molar-refractivity contribution in [1.29, 1.82) is 0 Å². The van der Waals surface area contributed by atoms with E-state index in [2.05, 4.69) is 10.2 Å². The minimum Gasteiger partial charge on any atom is -0.488 e. The summed E-state index contributed by atoms with van der Waals surface area (Å²) in [5.74, 6) is 0.253. The molecule has 0 radical (unpaired) electrons. The molecule has 0 unspecified atom stereocenters. The van der Waals surface area contributed by atoms with Gasteiger partial charge in [-0.2, -0.15) is 0 Å². The Balaban J connectivity index is 1.85. The Hall–Kier alpha value is -2.82. The standard InChI is InChI=1S/C15H12N2O3/c18-15-17-16-14(20-15)12-8-4-5-9-13(12)19-10-11-6-2-1-3-7-11/h1-9H,10H2,(H,17,18). The number of rotatable bonds is 4. The number of H-pyrrole nitrogens is 1. The van der Waals surface area contributed by atoms with Crippen molar-refractivity contribution < 1.29 is 9.15 Å². The molecule has 0 fully saturated rings. The van der Waals surface area contributed by atoms with Crippen LogP contribution >= 0.6 is 0 Å². The van der Waals surface area contributed by atoms with Crippen LogP contribution in [-0.2, 0) is 6.61 Å². The van der Waals surface area contributed by atoms with Crippen LogP contribution in [0, 0.1) is 0 Å². The molecule has 0 saturated heterocycles. The largest absolute Gasteiger partial charge is 0.488 e. The first-order chi connectivity index (χ1) is 9.83. The van der Waals surface area contributed by atoms with Crippen LogP contribution in [-0.4, -0.2) is 10.2 Å². The number of nitrogens with zero attached hydrogens (tertiary/aromatic N) is 1. The van der Waals surface area contributed by atoms with Gasteiger partial charge in [-0.05, 0) is 17.7 Å². The van der Waals surface area contributed by atoms with Crippen LogP contribution in [0.5, 0.6) is 5.75 Å². The van der Waals surface area contributed by atoms with E-state index in [0.717, 1.165) is 5.56 Å². The summed E-state index contributed by atoms with van der Waals surface area (Å²) < 4.78 is 10.7. The molecule has 0 amide bonds. The van der Waals surface area contributed by atoms with Gasteiger partial charge in [0.25, 0.3) is 5.89 Å². The fraction of sp³-hybridized carbons (Fsp3) is 0.0667. The van der Waals surface area contributed by atoms with Crippen molar-refractivity contribution in [2.75, 3.05) is 0 Å². The second kappa shape index (κ2) is 5.44. The Labute approximate surface area is 114 Å². The quantitative estimate of drug-likeness (QED) is 0.789. The average Bonchev–Trinajstić information content (AvgIpc) is 2.93. The molecule has 0 bridgehead atoms. The number of nitrogens with one attached hydrogen (secondary N) is 1. The third-order valence-electron chi connectivity index (χ3n) is 2.79. The van der Waals surface area contributed by atoms with Crippen LogP contribution in [0.15, 0.2) is 63.8 Å². The van der Waals surface area contributed by atoms with E-state index >= 15 is 0 Å². The lowest BCUT2D eigenvalue weighted by molar-refractivity contribution is 0.306. The maximum Gasteiger partial charge on any atom is 0.434 e. The lowest BCUT2D eigenvalue weighted by atomic mass is 10.2. The van der Waals surface area contributed by atoms with E-state index in [1.54, 1.807) is 6.07 Å². The molecule has 3 aromatic rings. The fourth-order valence-electron chi connectivity index (χ4n) is 1.85. The molecule has 0 aliphatic carbocycles. The molecular weight excluding hydrogens is 256 g/mol. The van der Waals surface area contributed by atoms with E-state index in [9.17, 15) is 4.79 Å². The topological polar surface area (TPSA) is 68.1 Å². The zero-order chi connectivity index (χ0) is 13.8. The smallest absolute Gasteiger partial charge is 0.434 e. The first kappa shape index (κ1) is 12.2. The Morgan fingerprint density at radius 3 is 2.55 bits per heavy atom. The minimum absolute atomic E-state index is 0.221. The van der Waals surface area contributed by atoms with Crippen molar-refractivity contribution in [2.45, 2.75) is 6.61 Å². The summed E-state index contributed by atoms with van der Waals surface area (Å²) in [7, 11) is 0. The molecule has 1 heterocycles. The van der Waals surface area contributed by atoms with Gasteiger partial charge in [-0.25, -0.2) is 9.89 Å². The molecule has 5 heteroatoms. The maximum atomic E-state index is 11.0. The zero-order valence-electron chi connectivity index (χ0n) is 10.6. The number of hydrogen-bond donors (Lipinski definition) is 1. The summed E-state index contributed by atoms with van der Waals surface area (Å²) in [6, 6.07) is 17.1. The number of aromatic amines is 1. The van der Waals surface area contributed by atoms with E-state index in [4.69, 9.17) is 9.15 Å². The molecule has 5 nitrogen and oxygen atoms in total. The predicted molar refractivity (Wildman–Crippen MR) is 73.3 cm³/mol. The fourth-order valence-corrected chi connectivity index (χ4v) is 1.85. The highest BCUT2D eigenvalue weighted by molar-refractivity contribution is 5.62. The Bertz CT molecular complexity index is 747. The SMILES string of the molecule is O=c1[nH]nc(-c2ccccc2OCc2ccccc2)o1. The lowest BCUT2D eigenvalue weighted by Crippen LogP contribution is -1.96. The molecule has 0 saturated carbocycles. The van der Waals surface area contributed by atoms with Gasteiger partial charge in [-0.15, -0.1) is 5.10 Å². The number of para-hydroxylation sites is 1. The molecule has 0 aliphatic heterocycles. The van der Waals surface area contributed by atoms with Crippen LogP contribution in [0.3, 0.4) is 0 Å². The van der Waals surface area contributed by atoms with E-state index in [-0.39, 0.29) is 5.89 Å². The van der Waals surface area contributed by atoms with Crippen LogP contribution in [0.25, 0.3) is 11.5 Å². The van der Waals surface area contributed by atoms with Crippen molar-refractivity contribution in [2.24, 2.45) is 0 Å². The van der Waals surface area contributed by atoms with Crippen molar-refractivity contribution in [3.05, 3.63) is 70.7 Å². The Kier molecular flexibility index (Phi) is 3.33. The van der Waals surface area contributed by atoms with Gasteiger partial charge in [0.15, 0.2) is 0 Å². The summed E-state index contributed by atoms with van der Waals surface area (Å²) in [6.07, 6.45) is 0. The van der Waals surface area contributed by atoms with Gasteiger partial charge in [0.1, 0.15) is 12.4 Å². The van der Waals surface area contributed by atoms with Gasteiger partial charge in [0, 0.05) is 0 Å². The first-order valence-corrected chi connectivity index (χ1v) is 6.14. The zero-order valence-corrected chi connectivity index (χ0v) is 10.6. The monoisotopic (exact) mass is 268 g/mol. The summed E-state index contributed by atoms with van der Waals surface area (Å²) in [4.78, 5) is 11.0. The van der Waals surface area contributed by atoms with E-state index in [1.165, 1.54) is 0 Å². The van der Waals surface area contributed by atoms with Crippen molar-refractivity contribution in [3.8, 4) is 17.2 Å². The molecular formula is C15H12N2O3. The van der Waals surface area contributed by atoms with Gasteiger partial charge >= 0.3 is 5.76 Å². The van der Waals surface area contributed by atoms with E-state index < -0.39 is 5.76 Å². The van der Waals surface area contributed by atoms with E-state index in [1.807, 2.05) is 48.5 Å². The van der Waals surface area contributed by atoms with Gasteiger partial charge in [0.05, 0.1) is 5.56 Å². The summed E-state index contributed by atoms with van der Waals surface area (Å²) >= 11 is 0. The number of benzene rings is 2. The molecule has 0 aliphatic rings. The maximum absolute atomic E-state index is 11.0. The lowest BCUT2D eigenvalue weighted by Gasteiger charge is -2.09. The number of hydrogen-bond acceptors (Lipinski definition) is 4. The Morgan fingerprint density at radius 2 is 1.80 bits per heavy atom. The second-order valence-corrected chi connectivity index (χ2v) is 4.19. The van der Waals surface area contributed by atoms with E-state index in [0.29, 0.717) is 17.9 Å². The molecule has 0 atom stereocenters.